The van der Waals surface area contributed by atoms with E-state index in [1.165, 1.54) is 11.3 Å². The number of Topliss-reactive ketones (excluding diaryl/α,β-unsaturated/α-hetero) is 1. The van der Waals surface area contributed by atoms with Gasteiger partial charge in [-0.15, -0.1) is 11.3 Å². The van der Waals surface area contributed by atoms with Crippen LogP contribution in [0.15, 0.2) is 17.8 Å². The van der Waals surface area contributed by atoms with Gasteiger partial charge >= 0.3 is 0 Å². The van der Waals surface area contributed by atoms with Gasteiger partial charge in [0.05, 0.1) is 12.1 Å². The SMILES string of the molecule is CS(=O)(=O)CC(=O)Cc1cn2ccsc2n1. The Kier molecular flexibility index (Phi) is 2.81. The average Bonchev–Trinajstić information content (AvgIpc) is 2.58. The first-order valence-corrected chi connectivity index (χ1v) is 7.48. The van der Waals surface area contributed by atoms with E-state index in [-0.39, 0.29) is 12.2 Å². The van der Waals surface area contributed by atoms with E-state index in [0.29, 0.717) is 5.69 Å². The third-order valence-electron chi connectivity index (χ3n) is 1.94. The van der Waals surface area contributed by atoms with Crippen molar-refractivity contribution in [1.29, 1.82) is 0 Å². The molecular formula is C9H10N2O3S2. The Balaban J connectivity index is 2.10. The zero-order chi connectivity index (χ0) is 11.8. The molecule has 0 fully saturated rings. The van der Waals surface area contributed by atoms with Crippen LogP contribution in [0.1, 0.15) is 5.69 Å². The summed E-state index contributed by atoms with van der Waals surface area (Å²) in [6, 6.07) is 0. The summed E-state index contributed by atoms with van der Waals surface area (Å²) in [5.41, 5.74) is 0.612. The number of hydrogen-bond acceptors (Lipinski definition) is 5. The number of thiazole rings is 1. The lowest BCUT2D eigenvalue weighted by Gasteiger charge is -1.95. The van der Waals surface area contributed by atoms with Crippen molar-refractivity contribution in [3.8, 4) is 0 Å². The van der Waals surface area contributed by atoms with E-state index in [0.717, 1.165) is 11.2 Å². The normalized spacial score (nSPS) is 12.1. The van der Waals surface area contributed by atoms with Crippen LogP contribution < -0.4 is 0 Å². The molecule has 5 nitrogen and oxygen atoms in total. The number of rotatable bonds is 4. The van der Waals surface area contributed by atoms with Crippen LogP contribution in [0.3, 0.4) is 0 Å². The number of sulfone groups is 1. The van der Waals surface area contributed by atoms with E-state index >= 15 is 0 Å². The van der Waals surface area contributed by atoms with Gasteiger partial charge in [-0.25, -0.2) is 13.4 Å². The fourth-order valence-corrected chi connectivity index (χ4v) is 2.81. The predicted molar refractivity (Wildman–Crippen MR) is 61.5 cm³/mol. The third-order valence-corrected chi connectivity index (χ3v) is 3.56. The molecule has 0 aliphatic rings. The zero-order valence-corrected chi connectivity index (χ0v) is 10.2. The van der Waals surface area contributed by atoms with Crippen molar-refractivity contribution in [3.63, 3.8) is 0 Å². The molecular weight excluding hydrogens is 248 g/mol. The minimum Gasteiger partial charge on any atom is -0.298 e. The largest absolute Gasteiger partial charge is 0.298 e. The fourth-order valence-electron chi connectivity index (χ4n) is 1.41. The second-order valence-electron chi connectivity index (χ2n) is 3.61. The van der Waals surface area contributed by atoms with Crippen molar-refractivity contribution >= 4 is 31.9 Å². The van der Waals surface area contributed by atoms with E-state index in [9.17, 15) is 13.2 Å². The number of aromatic nitrogens is 2. The summed E-state index contributed by atoms with van der Waals surface area (Å²) < 4.78 is 23.6. The van der Waals surface area contributed by atoms with Crippen molar-refractivity contribution in [2.75, 3.05) is 12.0 Å². The molecule has 0 saturated heterocycles. The van der Waals surface area contributed by atoms with Gasteiger partial charge in [-0.05, 0) is 0 Å². The van der Waals surface area contributed by atoms with Crippen molar-refractivity contribution in [2.45, 2.75) is 6.42 Å². The topological polar surface area (TPSA) is 68.5 Å². The summed E-state index contributed by atoms with van der Waals surface area (Å²) in [4.78, 5) is 16.4. The molecule has 86 valence electrons. The van der Waals surface area contributed by atoms with Crippen molar-refractivity contribution in [3.05, 3.63) is 23.5 Å². The lowest BCUT2D eigenvalue weighted by atomic mass is 10.2. The molecule has 0 N–H and O–H groups in total. The van der Waals surface area contributed by atoms with Crippen LogP contribution in [0, 0.1) is 0 Å². The number of carbonyl (C=O) groups excluding carboxylic acids is 1. The Morgan fingerprint density at radius 1 is 1.56 bits per heavy atom. The van der Waals surface area contributed by atoms with Crippen LogP contribution in [0.5, 0.6) is 0 Å². The van der Waals surface area contributed by atoms with Crippen LogP contribution in [0.2, 0.25) is 0 Å². The number of ketones is 1. The lowest BCUT2D eigenvalue weighted by molar-refractivity contribution is -0.116. The molecule has 0 bridgehead atoms. The van der Waals surface area contributed by atoms with Gasteiger partial charge in [0.1, 0.15) is 5.75 Å². The average molecular weight is 258 g/mol. The van der Waals surface area contributed by atoms with Crippen LogP contribution in [-0.2, 0) is 21.1 Å². The number of hydrogen-bond donors (Lipinski definition) is 0. The number of fused-ring (bicyclic) bond motifs is 1. The monoisotopic (exact) mass is 258 g/mol. The standard InChI is InChI=1S/C9H10N2O3S2/c1-16(13,14)6-8(12)4-7-5-11-2-3-15-9(11)10-7/h2-3,5H,4,6H2,1H3. The Morgan fingerprint density at radius 3 is 2.94 bits per heavy atom. The summed E-state index contributed by atoms with van der Waals surface area (Å²) in [6.45, 7) is 0. The second-order valence-corrected chi connectivity index (χ2v) is 6.62. The van der Waals surface area contributed by atoms with E-state index in [4.69, 9.17) is 0 Å². The number of nitrogens with zero attached hydrogens (tertiary/aromatic N) is 2. The molecule has 2 heterocycles. The molecule has 0 radical (unpaired) electrons. The van der Waals surface area contributed by atoms with Crippen molar-refractivity contribution in [1.82, 2.24) is 9.38 Å². The first kappa shape index (κ1) is 11.3. The van der Waals surface area contributed by atoms with Crippen LogP contribution >= 0.6 is 11.3 Å². The van der Waals surface area contributed by atoms with Gasteiger partial charge < -0.3 is 0 Å². The maximum Gasteiger partial charge on any atom is 0.193 e. The van der Waals surface area contributed by atoms with E-state index < -0.39 is 15.6 Å². The van der Waals surface area contributed by atoms with E-state index in [2.05, 4.69) is 4.98 Å². The summed E-state index contributed by atoms with van der Waals surface area (Å²) >= 11 is 1.47. The molecule has 0 aromatic carbocycles. The zero-order valence-electron chi connectivity index (χ0n) is 8.58. The van der Waals surface area contributed by atoms with E-state index in [1.54, 1.807) is 6.20 Å². The summed E-state index contributed by atoms with van der Waals surface area (Å²) in [7, 11) is -3.24. The highest BCUT2D eigenvalue weighted by Gasteiger charge is 2.13. The molecule has 0 atom stereocenters. The maximum absolute atomic E-state index is 11.4. The molecule has 2 aromatic rings. The molecule has 0 saturated carbocycles. The van der Waals surface area contributed by atoms with Gasteiger partial charge in [0.15, 0.2) is 20.6 Å². The lowest BCUT2D eigenvalue weighted by Crippen LogP contribution is -2.16. The molecule has 0 aliphatic carbocycles. The molecule has 0 spiro atoms. The van der Waals surface area contributed by atoms with Gasteiger partial charge in [0.2, 0.25) is 0 Å². The van der Waals surface area contributed by atoms with Gasteiger partial charge in [-0.1, -0.05) is 0 Å². The Hall–Kier alpha value is -1.21. The summed E-state index contributed by atoms with van der Waals surface area (Å²) in [5, 5.41) is 1.89. The minimum absolute atomic E-state index is 0.0709. The first-order valence-electron chi connectivity index (χ1n) is 4.54. The minimum atomic E-state index is -3.24. The van der Waals surface area contributed by atoms with Gasteiger partial charge in [0, 0.05) is 24.0 Å². The van der Waals surface area contributed by atoms with Gasteiger partial charge in [-0.3, -0.25) is 9.20 Å². The molecule has 0 amide bonds. The smallest absolute Gasteiger partial charge is 0.193 e. The molecule has 0 aliphatic heterocycles. The highest BCUT2D eigenvalue weighted by atomic mass is 32.2. The summed E-state index contributed by atoms with van der Waals surface area (Å²) in [6.07, 6.45) is 4.71. The fraction of sp³-hybridized carbons (Fsp3) is 0.333. The molecule has 0 unspecified atom stereocenters. The highest BCUT2D eigenvalue weighted by Crippen LogP contribution is 2.11. The Morgan fingerprint density at radius 2 is 2.31 bits per heavy atom. The van der Waals surface area contributed by atoms with Gasteiger partial charge in [0.25, 0.3) is 0 Å². The van der Waals surface area contributed by atoms with Crippen LogP contribution in [0.4, 0.5) is 0 Å². The quantitative estimate of drug-likeness (QED) is 0.803. The maximum atomic E-state index is 11.4. The number of imidazole rings is 1. The van der Waals surface area contributed by atoms with Gasteiger partial charge in [-0.2, -0.15) is 0 Å². The van der Waals surface area contributed by atoms with E-state index in [1.807, 2.05) is 16.0 Å². The molecule has 16 heavy (non-hydrogen) atoms. The molecule has 7 heteroatoms. The third kappa shape index (κ3) is 2.67. The Labute approximate surface area is 96.7 Å². The highest BCUT2D eigenvalue weighted by molar-refractivity contribution is 7.91. The van der Waals surface area contributed by atoms with Crippen LogP contribution in [0.25, 0.3) is 4.96 Å². The molecule has 2 aromatic heterocycles. The first-order chi connectivity index (χ1) is 7.44. The number of carbonyl (C=O) groups is 1. The Bertz CT molecular complexity index is 596. The summed E-state index contributed by atoms with van der Waals surface area (Å²) in [5.74, 6) is -0.744. The van der Waals surface area contributed by atoms with Crippen molar-refractivity contribution < 1.29 is 13.2 Å². The second kappa shape index (κ2) is 3.99. The molecule has 2 rings (SSSR count). The predicted octanol–water partition coefficient (Wildman–Crippen LogP) is 0.552. The van der Waals surface area contributed by atoms with Crippen molar-refractivity contribution in [2.24, 2.45) is 0 Å². The van der Waals surface area contributed by atoms with Crippen LogP contribution in [-0.4, -0.2) is 35.6 Å².